The number of aromatic nitrogens is 1. The lowest BCUT2D eigenvalue weighted by Gasteiger charge is -2.24. The number of nitrogens with zero attached hydrogens (tertiary/aromatic N) is 1. The molecule has 2 amide bonds. The number of rotatable bonds is 7. The summed E-state index contributed by atoms with van der Waals surface area (Å²) in [4.78, 5) is 24.6. The van der Waals surface area contributed by atoms with Gasteiger partial charge in [-0.3, -0.25) is 9.59 Å². The van der Waals surface area contributed by atoms with E-state index in [2.05, 4.69) is 42.0 Å². The van der Waals surface area contributed by atoms with Crippen molar-refractivity contribution < 1.29 is 25.6 Å². The van der Waals surface area contributed by atoms with Crippen LogP contribution in [0.4, 0.5) is 5.69 Å². The normalized spacial score (nSPS) is 16.6. The van der Waals surface area contributed by atoms with Crippen LogP contribution in [0.2, 0.25) is 0 Å². The second-order valence-corrected chi connectivity index (χ2v) is 10.9. The van der Waals surface area contributed by atoms with Crippen molar-refractivity contribution in [2.75, 3.05) is 18.7 Å². The summed E-state index contributed by atoms with van der Waals surface area (Å²) in [6.07, 6.45) is 0.857. The number of ether oxygens (including phenoxy) is 2. The fourth-order valence-corrected chi connectivity index (χ4v) is 4.92. The summed E-state index contributed by atoms with van der Waals surface area (Å²) >= 11 is 0. The van der Waals surface area contributed by atoms with Crippen molar-refractivity contribution in [2.24, 2.45) is 0 Å². The number of aliphatic hydroxyl groups excluding tert-OH is 1. The Hall–Kier alpha value is -3.52. The van der Waals surface area contributed by atoms with E-state index >= 15 is 0 Å². The molecule has 36 heavy (non-hydrogen) atoms. The Bertz CT molecular complexity index is 1340. The molecule has 2 heterocycles. The lowest BCUT2D eigenvalue weighted by molar-refractivity contribution is -0.119. The highest BCUT2D eigenvalue weighted by Crippen LogP contribution is 2.51. The summed E-state index contributed by atoms with van der Waals surface area (Å²) in [5, 5.41) is 17.3. The lowest BCUT2D eigenvalue weighted by Crippen LogP contribution is -2.34. The van der Waals surface area contributed by atoms with Crippen molar-refractivity contribution in [2.45, 2.75) is 64.0 Å². The summed E-state index contributed by atoms with van der Waals surface area (Å²) in [6.45, 7) is 8.57. The molecule has 3 aromatic rings. The zero-order valence-corrected chi connectivity index (χ0v) is 21.2. The second kappa shape index (κ2) is 8.85. The summed E-state index contributed by atoms with van der Waals surface area (Å²) in [5.41, 5.74) is 3.01. The molecule has 0 spiro atoms. The van der Waals surface area contributed by atoms with Crippen molar-refractivity contribution in [1.82, 2.24) is 9.88 Å². The molecule has 1 fully saturated rings. The smallest absolute Gasteiger partial charge is 0.235 e. The van der Waals surface area contributed by atoms with E-state index in [-0.39, 0.29) is 32.0 Å². The number of nitrogens with one attached hydrogen (secondary N) is 2. The van der Waals surface area contributed by atoms with Crippen LogP contribution in [0.15, 0.2) is 42.5 Å². The van der Waals surface area contributed by atoms with E-state index in [9.17, 15) is 14.7 Å². The minimum absolute atomic E-state index is 0. The van der Waals surface area contributed by atoms with Crippen LogP contribution in [0.1, 0.15) is 53.2 Å². The highest BCUT2D eigenvalue weighted by atomic mass is 16.7. The van der Waals surface area contributed by atoms with Gasteiger partial charge in [-0.25, -0.2) is 0 Å². The molecule has 1 aromatic heterocycles. The minimum Gasteiger partial charge on any atom is -0.454 e. The van der Waals surface area contributed by atoms with E-state index in [0.717, 1.165) is 40.7 Å². The monoisotopic (exact) mass is 493 g/mol. The van der Waals surface area contributed by atoms with E-state index in [0.29, 0.717) is 18.0 Å². The molecule has 2 aromatic carbocycles. The number of carbonyl (C=O) groups is 2. The first kappa shape index (κ1) is 24.2. The molecule has 0 bridgehead atoms. The molecule has 0 radical (unpaired) electrons. The fraction of sp³-hybridized carbons (Fsp3) is 0.429. The van der Waals surface area contributed by atoms with Gasteiger partial charge in [-0.15, -0.1) is 0 Å². The largest absolute Gasteiger partial charge is 0.454 e. The van der Waals surface area contributed by atoms with Gasteiger partial charge in [0.25, 0.3) is 0 Å². The zero-order valence-electron chi connectivity index (χ0n) is 21.2. The fourth-order valence-electron chi connectivity index (χ4n) is 4.92. The summed E-state index contributed by atoms with van der Waals surface area (Å²) < 4.78 is 13.0. The van der Waals surface area contributed by atoms with Crippen molar-refractivity contribution in [1.29, 1.82) is 0 Å². The molecule has 5 rings (SSSR count). The number of aliphatic hydroxyl groups is 1. The third-order valence-corrected chi connectivity index (χ3v) is 7.02. The van der Waals surface area contributed by atoms with Crippen molar-refractivity contribution in [3.8, 4) is 11.5 Å². The maximum atomic E-state index is 13.4. The topological polar surface area (TPSA) is 102 Å². The minimum atomic E-state index is -0.721. The highest BCUT2D eigenvalue weighted by Gasteiger charge is 2.51. The quantitative estimate of drug-likeness (QED) is 0.460. The van der Waals surface area contributed by atoms with Gasteiger partial charge in [-0.1, -0.05) is 26.8 Å². The molecular formula is C28H35N3O5. The van der Waals surface area contributed by atoms with Crippen LogP contribution < -0.4 is 20.1 Å². The van der Waals surface area contributed by atoms with Gasteiger partial charge >= 0.3 is 0 Å². The third-order valence-electron chi connectivity index (χ3n) is 7.02. The van der Waals surface area contributed by atoms with E-state index in [1.165, 1.54) is 6.92 Å². The molecule has 192 valence electrons. The number of amides is 2. The number of hydrogen-bond acceptors (Lipinski definition) is 5. The number of hydrogen-bond donors (Lipinski definition) is 3. The number of benzene rings is 2. The number of anilines is 1. The predicted molar refractivity (Wildman–Crippen MR) is 140 cm³/mol. The summed E-state index contributed by atoms with van der Waals surface area (Å²) in [6, 6.07) is 13.7. The molecule has 0 saturated heterocycles. The van der Waals surface area contributed by atoms with Gasteiger partial charge in [-0.05, 0) is 54.8 Å². The van der Waals surface area contributed by atoms with E-state index in [1.54, 1.807) is 0 Å². The molecule has 8 heteroatoms. The first-order chi connectivity index (χ1) is 17.1. The summed E-state index contributed by atoms with van der Waals surface area (Å²) in [7, 11) is 0. The Morgan fingerprint density at radius 2 is 1.86 bits per heavy atom. The Kier molecular flexibility index (Phi) is 5.95. The third kappa shape index (κ3) is 4.53. The van der Waals surface area contributed by atoms with Crippen molar-refractivity contribution >= 4 is 28.4 Å². The van der Waals surface area contributed by atoms with Gasteiger partial charge in [0.1, 0.15) is 0 Å². The zero-order chi connectivity index (χ0) is 25.7. The van der Waals surface area contributed by atoms with E-state index < -0.39 is 11.5 Å². The second-order valence-electron chi connectivity index (χ2n) is 10.9. The van der Waals surface area contributed by atoms with Crippen LogP contribution in [-0.4, -0.2) is 40.9 Å². The Labute approximate surface area is 212 Å². The predicted octanol–water partition coefficient (Wildman–Crippen LogP) is 4.08. The molecule has 3 N–H and O–H groups in total. The van der Waals surface area contributed by atoms with Gasteiger partial charge in [0.15, 0.2) is 11.5 Å². The molecule has 1 atom stereocenters. The van der Waals surface area contributed by atoms with Crippen LogP contribution in [0, 0.1) is 0 Å². The number of fused-ring (bicyclic) bond motifs is 2. The lowest BCUT2D eigenvalue weighted by atomic mass is 9.92. The van der Waals surface area contributed by atoms with Crippen LogP contribution in [-0.2, 0) is 27.0 Å². The molecule has 1 unspecified atom stereocenters. The van der Waals surface area contributed by atoms with Crippen LogP contribution in [0.3, 0.4) is 0 Å². The van der Waals surface area contributed by atoms with Gasteiger partial charge in [0, 0.05) is 42.6 Å². The highest BCUT2D eigenvalue weighted by molar-refractivity contribution is 6.02. The maximum Gasteiger partial charge on any atom is 0.235 e. The molecule has 1 aliphatic carbocycles. The van der Waals surface area contributed by atoms with Gasteiger partial charge in [0.2, 0.25) is 18.6 Å². The maximum absolute atomic E-state index is 13.4. The van der Waals surface area contributed by atoms with Gasteiger partial charge in [-0.2, -0.15) is 0 Å². The van der Waals surface area contributed by atoms with Crippen molar-refractivity contribution in [3.05, 3.63) is 53.7 Å². The van der Waals surface area contributed by atoms with E-state index in [4.69, 9.17) is 9.47 Å². The molecular weight excluding hydrogens is 458 g/mol. The van der Waals surface area contributed by atoms with Crippen molar-refractivity contribution in [3.63, 3.8) is 0 Å². The van der Waals surface area contributed by atoms with Crippen LogP contribution in [0.25, 0.3) is 10.9 Å². The molecule has 1 aliphatic heterocycles. The Morgan fingerprint density at radius 3 is 2.56 bits per heavy atom. The first-order valence-electron chi connectivity index (χ1n) is 12.3. The molecule has 1 saturated carbocycles. The van der Waals surface area contributed by atoms with Gasteiger partial charge in [0.05, 0.1) is 18.1 Å². The number of carbonyl (C=O) groups excluding carboxylic acids is 2. The van der Waals surface area contributed by atoms with E-state index in [1.807, 2.05) is 36.4 Å². The standard InChI is InChI=1S/C28H33N3O5.H2/c1-17(32)29-14-21(33)15-31-22-7-6-20(11-18(22)12-25(31)27(2,3)4)30-26(34)28(9-10-28)19-5-8-23-24(13-19)36-16-35-23;/h5-8,11-13,21,33H,9-10,14-16H2,1-4H3,(H,29,32)(H,30,34);1H. The first-order valence-corrected chi connectivity index (χ1v) is 12.3. The van der Waals surface area contributed by atoms with Crippen LogP contribution >= 0.6 is 0 Å². The Morgan fingerprint density at radius 1 is 1.11 bits per heavy atom. The Balaban J connectivity index is 0.00000320. The average molecular weight is 494 g/mol. The average Bonchev–Trinajstić information content (AvgIpc) is 3.36. The van der Waals surface area contributed by atoms with Crippen LogP contribution in [0.5, 0.6) is 11.5 Å². The summed E-state index contributed by atoms with van der Waals surface area (Å²) in [5.74, 6) is 1.20. The molecule has 2 aliphatic rings. The SMILES string of the molecule is CC(=O)NCC(O)Cn1c(C(C)(C)C)cc2cc(NC(=O)C3(c4ccc5c(c4)OCO5)CC3)ccc21.[HH]. The van der Waals surface area contributed by atoms with Gasteiger partial charge < -0.3 is 29.8 Å². The molecule has 8 nitrogen and oxygen atoms in total.